The highest BCUT2D eigenvalue weighted by Crippen LogP contribution is 1.94. The predicted octanol–water partition coefficient (Wildman–Crippen LogP) is -1.51. The molecule has 0 saturated heterocycles. The van der Waals surface area contributed by atoms with E-state index in [0.29, 0.717) is 0 Å². The molecule has 0 radical (unpaired) electrons. The van der Waals surface area contributed by atoms with Crippen LogP contribution in [0.4, 0.5) is 0 Å². The molecule has 0 fully saturated rings. The van der Waals surface area contributed by atoms with Crippen LogP contribution in [0.15, 0.2) is 12.4 Å². The summed E-state index contributed by atoms with van der Waals surface area (Å²) in [5.74, 6) is -0.665. The van der Waals surface area contributed by atoms with Crippen LogP contribution >= 0.6 is 0 Å². The van der Waals surface area contributed by atoms with E-state index in [1.54, 1.807) is 0 Å². The lowest BCUT2D eigenvalue weighted by atomic mass is 10.4. The summed E-state index contributed by atoms with van der Waals surface area (Å²) in [5, 5.41) is 3.55. The van der Waals surface area contributed by atoms with E-state index in [0.717, 1.165) is 11.0 Å². The van der Waals surface area contributed by atoms with E-state index in [4.69, 9.17) is 5.73 Å². The van der Waals surface area contributed by atoms with Gasteiger partial charge in [-0.15, -0.1) is 0 Å². The molecule has 0 atom stereocenters. The fraction of sp³-hybridized carbons (Fsp3) is 0.200. The quantitative estimate of drug-likeness (QED) is 0.623. The zero-order valence-electron chi connectivity index (χ0n) is 6.76. The van der Waals surface area contributed by atoms with Crippen molar-refractivity contribution in [1.82, 2.24) is 9.89 Å². The highest BCUT2D eigenvalue weighted by molar-refractivity contribution is 7.91. The van der Waals surface area contributed by atoms with Crippen molar-refractivity contribution in [3.63, 3.8) is 0 Å². The summed E-state index contributed by atoms with van der Waals surface area (Å²) < 4.78 is 21.4. The van der Waals surface area contributed by atoms with Gasteiger partial charge in [0.15, 0.2) is 0 Å². The van der Waals surface area contributed by atoms with Crippen molar-refractivity contribution in [3.05, 3.63) is 18.0 Å². The molecule has 1 heterocycles. The molecule has 0 aliphatic carbocycles. The third-order valence-corrected chi connectivity index (χ3v) is 1.65. The third kappa shape index (κ3) is 2.75. The van der Waals surface area contributed by atoms with Crippen LogP contribution in [0.3, 0.4) is 0 Å². The molecule has 0 aromatic carbocycles. The molecular weight excluding hydrogens is 196 g/mol. The van der Waals surface area contributed by atoms with Crippen molar-refractivity contribution >= 4 is 15.9 Å². The molecular formula is C5H8N4O3S. The van der Waals surface area contributed by atoms with Crippen molar-refractivity contribution < 1.29 is 13.2 Å². The van der Waals surface area contributed by atoms with Crippen molar-refractivity contribution in [3.8, 4) is 0 Å². The molecule has 7 nitrogen and oxygen atoms in total. The van der Waals surface area contributed by atoms with Gasteiger partial charge in [0.25, 0.3) is 5.91 Å². The molecule has 13 heavy (non-hydrogen) atoms. The summed E-state index contributed by atoms with van der Waals surface area (Å²) >= 11 is 0. The fourth-order valence-electron chi connectivity index (χ4n) is 0.670. The average Bonchev–Trinajstić information content (AvgIpc) is 2.31. The van der Waals surface area contributed by atoms with E-state index in [2.05, 4.69) is 5.10 Å². The molecule has 0 saturated carbocycles. The largest absolute Gasteiger partial charge is 0.365 e. The number of primary amides is 1. The molecule has 1 aromatic rings. The van der Waals surface area contributed by atoms with Gasteiger partial charge in [0.05, 0.1) is 24.2 Å². The Bertz CT molecular complexity index is 421. The second kappa shape index (κ2) is 3.05. The third-order valence-electron chi connectivity index (χ3n) is 1.13. The van der Waals surface area contributed by atoms with Crippen molar-refractivity contribution in [2.24, 2.45) is 5.73 Å². The van der Waals surface area contributed by atoms with Gasteiger partial charge in [-0.3, -0.25) is 4.79 Å². The van der Waals surface area contributed by atoms with Crippen LogP contribution < -0.4 is 10.6 Å². The first-order valence-corrected chi connectivity index (χ1v) is 5.10. The predicted molar refractivity (Wildman–Crippen MR) is 44.9 cm³/mol. The summed E-state index contributed by atoms with van der Waals surface area (Å²) in [6, 6.07) is 0. The Labute approximate surface area is 74.6 Å². The van der Waals surface area contributed by atoms with Gasteiger partial charge in [-0.05, 0) is 0 Å². The lowest BCUT2D eigenvalue weighted by Gasteiger charge is -2.00. The fourth-order valence-corrected chi connectivity index (χ4v) is 1.11. The smallest absolute Gasteiger partial charge is 0.251 e. The number of hydrogen-bond acceptors (Lipinski definition) is 4. The van der Waals surface area contributed by atoms with Gasteiger partial charge in [-0.25, -0.2) is 13.2 Å². The molecule has 3 N–H and O–H groups in total. The van der Waals surface area contributed by atoms with Crippen LogP contribution in [-0.2, 0) is 10.0 Å². The Morgan fingerprint density at radius 3 is 2.69 bits per heavy atom. The van der Waals surface area contributed by atoms with E-state index in [9.17, 15) is 13.2 Å². The number of carbonyl (C=O) groups excluding carboxylic acids is 1. The number of rotatable bonds is 3. The Kier molecular flexibility index (Phi) is 2.24. The van der Waals surface area contributed by atoms with E-state index in [1.807, 2.05) is 4.83 Å². The zero-order chi connectivity index (χ0) is 10.1. The molecule has 1 rings (SSSR count). The Morgan fingerprint density at radius 1 is 1.69 bits per heavy atom. The van der Waals surface area contributed by atoms with Crippen LogP contribution in [0, 0.1) is 0 Å². The lowest BCUT2D eigenvalue weighted by Crippen LogP contribution is -2.22. The van der Waals surface area contributed by atoms with E-state index >= 15 is 0 Å². The van der Waals surface area contributed by atoms with Crippen molar-refractivity contribution in [2.75, 3.05) is 11.1 Å². The number of carbonyl (C=O) groups is 1. The van der Waals surface area contributed by atoms with Crippen LogP contribution in [0.1, 0.15) is 10.4 Å². The summed E-state index contributed by atoms with van der Waals surface area (Å²) in [6.07, 6.45) is 3.32. The van der Waals surface area contributed by atoms with Gasteiger partial charge in [-0.1, -0.05) is 0 Å². The molecule has 0 spiro atoms. The van der Waals surface area contributed by atoms with Gasteiger partial charge in [0.2, 0.25) is 10.0 Å². The standard InChI is InChI=1S/C5H8N4O3S/c1-13(11,12)8-9-3-4(2-7-9)5(6)10/h2-3,8H,1H3,(H2,6,10). The monoisotopic (exact) mass is 204 g/mol. The molecule has 0 aliphatic heterocycles. The lowest BCUT2D eigenvalue weighted by molar-refractivity contribution is 0.1000. The van der Waals surface area contributed by atoms with Crippen LogP contribution in [0.2, 0.25) is 0 Å². The second-order valence-corrected chi connectivity index (χ2v) is 4.13. The molecule has 0 aliphatic rings. The number of aromatic nitrogens is 2. The van der Waals surface area contributed by atoms with Crippen LogP contribution in [0.5, 0.6) is 0 Å². The zero-order valence-corrected chi connectivity index (χ0v) is 7.58. The first kappa shape index (κ1) is 9.52. The van der Waals surface area contributed by atoms with Crippen molar-refractivity contribution in [1.29, 1.82) is 0 Å². The minimum Gasteiger partial charge on any atom is -0.365 e. The minimum absolute atomic E-state index is 0.135. The van der Waals surface area contributed by atoms with Crippen LogP contribution in [-0.4, -0.2) is 30.5 Å². The first-order valence-electron chi connectivity index (χ1n) is 3.21. The van der Waals surface area contributed by atoms with E-state index < -0.39 is 15.9 Å². The van der Waals surface area contributed by atoms with Gasteiger partial charge in [-0.2, -0.15) is 9.89 Å². The summed E-state index contributed by atoms with van der Waals surface area (Å²) in [4.78, 5) is 13.5. The number of hydrogen-bond donors (Lipinski definition) is 2. The van der Waals surface area contributed by atoms with Gasteiger partial charge in [0.1, 0.15) is 0 Å². The van der Waals surface area contributed by atoms with Gasteiger partial charge >= 0.3 is 0 Å². The highest BCUT2D eigenvalue weighted by atomic mass is 32.2. The number of nitrogens with two attached hydrogens (primary N) is 1. The maximum Gasteiger partial charge on any atom is 0.251 e. The van der Waals surface area contributed by atoms with Crippen molar-refractivity contribution in [2.45, 2.75) is 0 Å². The SMILES string of the molecule is CS(=O)(=O)Nn1cc(C(N)=O)cn1. The topological polar surface area (TPSA) is 107 Å². The van der Waals surface area contributed by atoms with Crippen LogP contribution in [0.25, 0.3) is 0 Å². The normalized spacial score (nSPS) is 11.2. The first-order chi connectivity index (χ1) is 5.88. The Hall–Kier alpha value is -1.57. The van der Waals surface area contributed by atoms with E-state index in [1.165, 1.54) is 12.4 Å². The Morgan fingerprint density at radius 2 is 2.31 bits per heavy atom. The summed E-state index contributed by atoms with van der Waals surface area (Å²) in [5.41, 5.74) is 5.06. The van der Waals surface area contributed by atoms with Gasteiger partial charge in [0, 0.05) is 0 Å². The maximum atomic E-state index is 10.7. The highest BCUT2D eigenvalue weighted by Gasteiger charge is 2.06. The number of amides is 1. The molecule has 1 aromatic heterocycles. The molecule has 0 bridgehead atoms. The maximum absolute atomic E-state index is 10.7. The average molecular weight is 204 g/mol. The number of nitrogens with one attached hydrogen (secondary N) is 1. The van der Waals surface area contributed by atoms with E-state index in [-0.39, 0.29) is 5.56 Å². The second-order valence-electron chi connectivity index (χ2n) is 2.40. The molecule has 0 unspecified atom stereocenters. The molecule has 8 heteroatoms. The summed E-state index contributed by atoms with van der Waals surface area (Å²) in [7, 11) is -3.39. The molecule has 72 valence electrons. The summed E-state index contributed by atoms with van der Waals surface area (Å²) in [6.45, 7) is 0. The minimum atomic E-state index is -3.39. The number of nitrogens with zero attached hydrogens (tertiary/aromatic N) is 2. The molecule has 1 amide bonds. The Balaban J connectivity index is 2.87. The van der Waals surface area contributed by atoms with Gasteiger partial charge < -0.3 is 5.73 Å². The number of sulfonamides is 1.